The van der Waals surface area contributed by atoms with E-state index in [0.717, 1.165) is 22.2 Å². The molecule has 3 aromatic rings. The van der Waals surface area contributed by atoms with E-state index in [-0.39, 0.29) is 17.9 Å². The van der Waals surface area contributed by atoms with Gasteiger partial charge < -0.3 is 4.74 Å². The number of ether oxygens (including phenoxy) is 1. The van der Waals surface area contributed by atoms with Gasteiger partial charge in [-0.2, -0.15) is 0 Å². The molecule has 0 aliphatic rings. The van der Waals surface area contributed by atoms with E-state index >= 15 is 0 Å². The minimum Gasteiger partial charge on any atom is -0.465 e. The molecule has 8 heteroatoms. The van der Waals surface area contributed by atoms with Crippen molar-refractivity contribution in [2.24, 2.45) is 0 Å². The van der Waals surface area contributed by atoms with Crippen molar-refractivity contribution in [2.45, 2.75) is 25.4 Å². The van der Waals surface area contributed by atoms with Crippen molar-refractivity contribution >= 4 is 39.3 Å². The predicted molar refractivity (Wildman–Crippen MR) is 111 cm³/mol. The molecular weight excluding hydrogens is 399 g/mol. The standard InChI is InChI=1S/C20H19FN2O3S2/c1-4-7-15-12(3)28-18-17(15)19(25)23(14-9-6-8-13(21)10-14)20(22-18)27-11-16(24)26-5-2/h4,6,8-10H,1,5,7,11H2,2-3H3. The lowest BCUT2D eigenvalue weighted by Gasteiger charge is -2.12. The van der Waals surface area contributed by atoms with Crippen LogP contribution in [0.2, 0.25) is 0 Å². The molecule has 0 spiro atoms. The van der Waals surface area contributed by atoms with Crippen molar-refractivity contribution in [1.82, 2.24) is 9.55 Å². The summed E-state index contributed by atoms with van der Waals surface area (Å²) in [5.74, 6) is -0.855. The van der Waals surface area contributed by atoms with Crippen LogP contribution in [0.15, 0.2) is 46.9 Å². The van der Waals surface area contributed by atoms with Crippen LogP contribution in [0.5, 0.6) is 0 Å². The lowest BCUT2D eigenvalue weighted by Crippen LogP contribution is -2.22. The van der Waals surface area contributed by atoms with E-state index in [4.69, 9.17) is 4.74 Å². The Labute approximate surface area is 169 Å². The Balaban J connectivity index is 2.22. The van der Waals surface area contributed by atoms with Crippen molar-refractivity contribution in [1.29, 1.82) is 0 Å². The highest BCUT2D eigenvalue weighted by Crippen LogP contribution is 2.30. The van der Waals surface area contributed by atoms with Gasteiger partial charge in [0.15, 0.2) is 5.16 Å². The van der Waals surface area contributed by atoms with Crippen LogP contribution in [-0.4, -0.2) is 27.9 Å². The number of thioether (sulfide) groups is 1. The van der Waals surface area contributed by atoms with E-state index in [1.165, 1.54) is 34.1 Å². The predicted octanol–water partition coefficient (Wildman–Crippen LogP) is 4.28. The normalized spacial score (nSPS) is 11.0. The number of halogens is 1. The lowest BCUT2D eigenvalue weighted by molar-refractivity contribution is -0.139. The number of benzene rings is 1. The molecule has 28 heavy (non-hydrogen) atoms. The number of hydrogen-bond donors (Lipinski definition) is 0. The fourth-order valence-electron chi connectivity index (χ4n) is 2.85. The first kappa shape index (κ1) is 20.3. The van der Waals surface area contributed by atoms with E-state index in [2.05, 4.69) is 11.6 Å². The topological polar surface area (TPSA) is 61.2 Å². The minimum absolute atomic E-state index is 0.00494. The second kappa shape index (κ2) is 8.70. The SMILES string of the molecule is C=CCc1c(C)sc2nc(SCC(=O)OCC)n(-c3cccc(F)c3)c(=O)c12. The van der Waals surface area contributed by atoms with Crippen molar-refractivity contribution in [2.75, 3.05) is 12.4 Å². The summed E-state index contributed by atoms with van der Waals surface area (Å²) in [5.41, 5.74) is 0.946. The van der Waals surface area contributed by atoms with Gasteiger partial charge in [-0.15, -0.1) is 17.9 Å². The van der Waals surface area contributed by atoms with Gasteiger partial charge in [0.25, 0.3) is 5.56 Å². The average molecular weight is 419 g/mol. The number of carbonyl (C=O) groups is 1. The molecule has 2 aromatic heterocycles. The maximum Gasteiger partial charge on any atom is 0.316 e. The summed E-state index contributed by atoms with van der Waals surface area (Å²) in [6.07, 6.45) is 2.28. The molecule has 0 amide bonds. The summed E-state index contributed by atoms with van der Waals surface area (Å²) < 4.78 is 20.1. The van der Waals surface area contributed by atoms with Crippen LogP contribution in [0.25, 0.3) is 15.9 Å². The minimum atomic E-state index is -0.460. The van der Waals surface area contributed by atoms with Crippen molar-refractivity contribution in [3.05, 3.63) is 63.5 Å². The summed E-state index contributed by atoms with van der Waals surface area (Å²) in [6, 6.07) is 5.75. The molecule has 2 heterocycles. The Kier molecular flexibility index (Phi) is 6.31. The molecule has 0 atom stereocenters. The van der Waals surface area contributed by atoms with Crippen LogP contribution in [0, 0.1) is 12.7 Å². The van der Waals surface area contributed by atoms with Crippen LogP contribution in [0.4, 0.5) is 4.39 Å². The van der Waals surface area contributed by atoms with Gasteiger partial charge in [-0.25, -0.2) is 9.37 Å². The van der Waals surface area contributed by atoms with Crippen LogP contribution >= 0.6 is 23.1 Å². The summed E-state index contributed by atoms with van der Waals surface area (Å²) >= 11 is 2.52. The van der Waals surface area contributed by atoms with Crippen LogP contribution in [0.3, 0.4) is 0 Å². The number of thiophene rings is 1. The third-order valence-corrected chi connectivity index (χ3v) is 5.99. The fraction of sp³-hybridized carbons (Fsp3) is 0.250. The van der Waals surface area contributed by atoms with E-state index in [1.54, 1.807) is 19.1 Å². The fourth-order valence-corrected chi connectivity index (χ4v) is 4.76. The number of fused-ring (bicyclic) bond motifs is 1. The smallest absolute Gasteiger partial charge is 0.316 e. The Hall–Kier alpha value is -2.45. The molecule has 146 valence electrons. The number of aryl methyl sites for hydroxylation is 1. The van der Waals surface area contributed by atoms with Gasteiger partial charge in [-0.3, -0.25) is 14.2 Å². The van der Waals surface area contributed by atoms with Crippen molar-refractivity contribution in [3.63, 3.8) is 0 Å². The third-order valence-electron chi connectivity index (χ3n) is 4.04. The molecule has 3 rings (SSSR count). The number of hydrogen-bond acceptors (Lipinski definition) is 6. The quantitative estimate of drug-likeness (QED) is 0.248. The van der Waals surface area contributed by atoms with Gasteiger partial charge in [0, 0.05) is 4.88 Å². The zero-order chi connectivity index (χ0) is 20.3. The van der Waals surface area contributed by atoms with Crippen molar-refractivity contribution in [3.8, 4) is 5.69 Å². The van der Waals surface area contributed by atoms with Gasteiger partial charge in [0.1, 0.15) is 10.6 Å². The Morgan fingerprint density at radius 2 is 2.25 bits per heavy atom. The first-order chi connectivity index (χ1) is 13.5. The second-order valence-electron chi connectivity index (χ2n) is 5.92. The number of carbonyl (C=O) groups excluding carboxylic acids is 1. The Morgan fingerprint density at radius 3 is 2.93 bits per heavy atom. The molecule has 0 bridgehead atoms. The number of allylic oxidation sites excluding steroid dienone is 1. The molecule has 0 aliphatic carbocycles. The number of aromatic nitrogens is 2. The number of esters is 1. The molecule has 0 aliphatic heterocycles. The molecular formula is C20H19FN2O3S2. The Morgan fingerprint density at radius 1 is 1.46 bits per heavy atom. The van der Waals surface area contributed by atoms with Gasteiger partial charge in [0.05, 0.1) is 23.4 Å². The summed E-state index contributed by atoms with van der Waals surface area (Å²) in [6.45, 7) is 7.70. The molecule has 0 fully saturated rings. The summed E-state index contributed by atoms with van der Waals surface area (Å²) in [7, 11) is 0. The maximum atomic E-state index is 13.8. The molecule has 0 saturated heterocycles. The highest BCUT2D eigenvalue weighted by atomic mass is 32.2. The van der Waals surface area contributed by atoms with Gasteiger partial charge in [0.2, 0.25) is 0 Å². The van der Waals surface area contributed by atoms with Gasteiger partial charge >= 0.3 is 5.97 Å². The average Bonchev–Trinajstić information content (AvgIpc) is 2.96. The monoisotopic (exact) mass is 418 g/mol. The van der Waals surface area contributed by atoms with E-state index in [0.29, 0.717) is 27.5 Å². The molecule has 0 unspecified atom stereocenters. The van der Waals surface area contributed by atoms with Gasteiger partial charge in [-0.05, 0) is 44.0 Å². The first-order valence-corrected chi connectivity index (χ1v) is 10.5. The summed E-state index contributed by atoms with van der Waals surface area (Å²) in [5, 5.41) is 0.828. The number of nitrogens with zero attached hydrogens (tertiary/aromatic N) is 2. The van der Waals surface area contributed by atoms with Gasteiger partial charge in [-0.1, -0.05) is 23.9 Å². The lowest BCUT2D eigenvalue weighted by atomic mass is 10.1. The second-order valence-corrected chi connectivity index (χ2v) is 8.06. The molecule has 0 radical (unpaired) electrons. The number of rotatable bonds is 7. The van der Waals surface area contributed by atoms with Crippen LogP contribution < -0.4 is 5.56 Å². The maximum absolute atomic E-state index is 13.8. The Bertz CT molecular complexity index is 1100. The first-order valence-electron chi connectivity index (χ1n) is 8.66. The van der Waals surface area contributed by atoms with E-state index < -0.39 is 11.8 Å². The molecule has 1 aromatic carbocycles. The largest absolute Gasteiger partial charge is 0.465 e. The molecule has 5 nitrogen and oxygen atoms in total. The zero-order valence-corrected chi connectivity index (χ0v) is 17.2. The molecule has 0 saturated carbocycles. The third kappa shape index (κ3) is 4.02. The van der Waals surface area contributed by atoms with Crippen molar-refractivity contribution < 1.29 is 13.9 Å². The summed E-state index contributed by atoms with van der Waals surface area (Å²) in [4.78, 5) is 31.4. The highest BCUT2D eigenvalue weighted by Gasteiger charge is 2.20. The van der Waals surface area contributed by atoms with E-state index in [1.807, 2.05) is 6.92 Å². The molecule has 0 N–H and O–H groups in total. The zero-order valence-electron chi connectivity index (χ0n) is 15.5. The highest BCUT2D eigenvalue weighted by molar-refractivity contribution is 7.99. The van der Waals surface area contributed by atoms with E-state index in [9.17, 15) is 14.0 Å². The van der Waals surface area contributed by atoms with Crippen LogP contribution in [-0.2, 0) is 16.0 Å². The van der Waals surface area contributed by atoms with Crippen LogP contribution in [0.1, 0.15) is 17.4 Å².